The maximum absolute atomic E-state index is 12.9. The van der Waals surface area contributed by atoms with Gasteiger partial charge in [0.05, 0.1) is 18.8 Å². The number of carbonyl (C=O) groups is 3. The van der Waals surface area contributed by atoms with E-state index in [4.69, 9.17) is 23.7 Å². The lowest BCUT2D eigenvalue weighted by molar-refractivity contribution is -0.139. The van der Waals surface area contributed by atoms with E-state index in [-0.39, 0.29) is 19.1 Å². The zero-order chi connectivity index (χ0) is 30.6. The SMILES string of the molecule is C=CC(=O)OCCCCCCOc1ccc(C(=O)Oc2ccc3c(c2)C(C)c2cc(OCCOC(=O)C=C)ccc2-3)cc1. The molecule has 0 bridgehead atoms. The molecule has 0 amide bonds. The highest BCUT2D eigenvalue weighted by atomic mass is 16.6. The first-order chi connectivity index (χ1) is 20.9. The van der Waals surface area contributed by atoms with Crippen molar-refractivity contribution in [1.29, 1.82) is 0 Å². The van der Waals surface area contributed by atoms with Crippen molar-refractivity contribution in [3.8, 4) is 28.4 Å². The average molecular weight is 585 g/mol. The van der Waals surface area contributed by atoms with Crippen molar-refractivity contribution in [2.75, 3.05) is 26.4 Å². The molecule has 8 heteroatoms. The van der Waals surface area contributed by atoms with Gasteiger partial charge in [-0.15, -0.1) is 0 Å². The van der Waals surface area contributed by atoms with Crippen molar-refractivity contribution in [3.63, 3.8) is 0 Å². The van der Waals surface area contributed by atoms with Crippen LogP contribution in [0.15, 0.2) is 86.0 Å². The summed E-state index contributed by atoms with van der Waals surface area (Å²) in [5, 5.41) is 0. The molecule has 3 aromatic carbocycles. The molecule has 1 atom stereocenters. The summed E-state index contributed by atoms with van der Waals surface area (Å²) in [5.41, 5.74) is 4.81. The number of hydrogen-bond acceptors (Lipinski definition) is 8. The summed E-state index contributed by atoms with van der Waals surface area (Å²) >= 11 is 0. The van der Waals surface area contributed by atoms with E-state index in [0.717, 1.165) is 60.1 Å². The van der Waals surface area contributed by atoms with Gasteiger partial charge < -0.3 is 23.7 Å². The Labute approximate surface area is 251 Å². The summed E-state index contributed by atoms with van der Waals surface area (Å²) in [7, 11) is 0. The minimum atomic E-state index is -0.481. The summed E-state index contributed by atoms with van der Waals surface area (Å²) in [6.45, 7) is 10.2. The maximum atomic E-state index is 12.9. The molecule has 0 saturated heterocycles. The molecule has 0 heterocycles. The molecule has 1 aliphatic rings. The van der Waals surface area contributed by atoms with E-state index in [1.807, 2.05) is 30.3 Å². The number of benzene rings is 3. The molecule has 4 rings (SSSR count). The van der Waals surface area contributed by atoms with Crippen molar-refractivity contribution in [2.24, 2.45) is 0 Å². The molecule has 0 radical (unpaired) electrons. The van der Waals surface area contributed by atoms with Crippen molar-refractivity contribution in [1.82, 2.24) is 0 Å². The Morgan fingerprint density at radius 1 is 0.651 bits per heavy atom. The lowest BCUT2D eigenvalue weighted by Gasteiger charge is -2.11. The third-order valence-corrected chi connectivity index (χ3v) is 7.05. The number of rotatable bonds is 16. The Kier molecular flexibility index (Phi) is 11.1. The van der Waals surface area contributed by atoms with E-state index in [1.54, 1.807) is 30.3 Å². The number of fused-ring (bicyclic) bond motifs is 3. The van der Waals surface area contributed by atoms with Gasteiger partial charge in [0, 0.05) is 18.1 Å². The molecule has 0 saturated carbocycles. The highest BCUT2D eigenvalue weighted by Gasteiger charge is 2.27. The maximum Gasteiger partial charge on any atom is 0.343 e. The Balaban J connectivity index is 1.24. The monoisotopic (exact) mass is 584 g/mol. The fraction of sp³-hybridized carbons (Fsp3) is 0.286. The summed E-state index contributed by atoms with van der Waals surface area (Å²) in [5.74, 6) is 0.609. The Morgan fingerprint density at radius 3 is 1.84 bits per heavy atom. The zero-order valence-corrected chi connectivity index (χ0v) is 24.3. The van der Waals surface area contributed by atoms with E-state index in [9.17, 15) is 14.4 Å². The standard InChI is InChI=1S/C35H36O8/c1-4-33(36)41-19-9-7-6-8-18-39-26-12-10-25(11-13-26)35(38)43-28-15-17-30-29-16-14-27(40-20-21-42-34(37)5-2)22-31(29)24(3)32(30)23-28/h4-5,10-17,22-24H,1-2,6-9,18-21H2,3H3. The first-order valence-corrected chi connectivity index (χ1v) is 14.3. The highest BCUT2D eigenvalue weighted by molar-refractivity contribution is 5.91. The van der Waals surface area contributed by atoms with Crippen LogP contribution in [-0.4, -0.2) is 44.3 Å². The summed E-state index contributed by atoms with van der Waals surface area (Å²) < 4.78 is 27.2. The van der Waals surface area contributed by atoms with Gasteiger partial charge in [0.1, 0.15) is 30.5 Å². The van der Waals surface area contributed by atoms with Gasteiger partial charge in [-0.3, -0.25) is 0 Å². The molecule has 8 nitrogen and oxygen atoms in total. The first kappa shape index (κ1) is 31.1. The topological polar surface area (TPSA) is 97.4 Å². The van der Waals surface area contributed by atoms with Crippen LogP contribution < -0.4 is 14.2 Å². The molecule has 3 aromatic rings. The van der Waals surface area contributed by atoms with Crippen LogP contribution in [0.1, 0.15) is 60.0 Å². The molecule has 43 heavy (non-hydrogen) atoms. The molecular formula is C35H36O8. The van der Waals surface area contributed by atoms with Crippen LogP contribution in [-0.2, 0) is 19.1 Å². The normalized spacial score (nSPS) is 12.8. The third kappa shape index (κ3) is 8.58. The van der Waals surface area contributed by atoms with Gasteiger partial charge in [0.25, 0.3) is 0 Å². The van der Waals surface area contributed by atoms with Gasteiger partial charge in [0.2, 0.25) is 0 Å². The molecule has 0 N–H and O–H groups in total. The van der Waals surface area contributed by atoms with Crippen molar-refractivity contribution < 1.29 is 38.1 Å². The van der Waals surface area contributed by atoms with Gasteiger partial charge in [-0.25, -0.2) is 14.4 Å². The predicted molar refractivity (Wildman–Crippen MR) is 163 cm³/mol. The van der Waals surface area contributed by atoms with Crippen LogP contribution in [0.25, 0.3) is 11.1 Å². The molecule has 224 valence electrons. The highest BCUT2D eigenvalue weighted by Crippen LogP contribution is 2.47. The van der Waals surface area contributed by atoms with Gasteiger partial charge >= 0.3 is 17.9 Å². The van der Waals surface area contributed by atoms with E-state index < -0.39 is 17.9 Å². The fourth-order valence-electron chi connectivity index (χ4n) is 4.80. The quantitative estimate of drug-likeness (QED) is 0.0784. The van der Waals surface area contributed by atoms with Gasteiger partial charge in [-0.05, 0) is 96.5 Å². The van der Waals surface area contributed by atoms with Crippen LogP contribution in [0, 0.1) is 0 Å². The number of unbranched alkanes of at least 4 members (excludes halogenated alkanes) is 3. The van der Waals surface area contributed by atoms with Crippen LogP contribution >= 0.6 is 0 Å². The smallest absolute Gasteiger partial charge is 0.343 e. The molecule has 0 aromatic heterocycles. The minimum Gasteiger partial charge on any atom is -0.494 e. The van der Waals surface area contributed by atoms with Gasteiger partial charge in [-0.1, -0.05) is 32.2 Å². The summed E-state index contributed by atoms with van der Waals surface area (Å²) in [6.07, 6.45) is 5.87. The molecule has 1 unspecified atom stereocenters. The second-order valence-electron chi connectivity index (χ2n) is 9.99. The Bertz CT molecular complexity index is 1460. The van der Waals surface area contributed by atoms with Crippen LogP contribution in [0.4, 0.5) is 0 Å². The largest absolute Gasteiger partial charge is 0.494 e. The summed E-state index contributed by atoms with van der Waals surface area (Å²) in [6, 6.07) is 18.5. The molecule has 0 aliphatic heterocycles. The van der Waals surface area contributed by atoms with Gasteiger partial charge in [-0.2, -0.15) is 0 Å². The third-order valence-electron chi connectivity index (χ3n) is 7.05. The Morgan fingerprint density at radius 2 is 1.19 bits per heavy atom. The molecule has 0 fully saturated rings. The van der Waals surface area contributed by atoms with Crippen LogP contribution in [0.2, 0.25) is 0 Å². The second-order valence-corrected chi connectivity index (χ2v) is 9.99. The lowest BCUT2D eigenvalue weighted by Crippen LogP contribution is -2.10. The van der Waals surface area contributed by atoms with E-state index >= 15 is 0 Å². The van der Waals surface area contributed by atoms with E-state index in [2.05, 4.69) is 20.1 Å². The number of esters is 3. The van der Waals surface area contributed by atoms with Gasteiger partial charge in [0.15, 0.2) is 0 Å². The van der Waals surface area contributed by atoms with Crippen molar-refractivity contribution in [2.45, 2.75) is 38.5 Å². The number of carbonyl (C=O) groups excluding carboxylic acids is 3. The molecule has 0 spiro atoms. The second kappa shape index (κ2) is 15.4. The van der Waals surface area contributed by atoms with Crippen molar-refractivity contribution >= 4 is 17.9 Å². The van der Waals surface area contributed by atoms with E-state index in [0.29, 0.717) is 36.0 Å². The summed E-state index contributed by atoms with van der Waals surface area (Å²) in [4.78, 5) is 35.0. The number of ether oxygens (including phenoxy) is 5. The molecular weight excluding hydrogens is 548 g/mol. The molecule has 1 aliphatic carbocycles. The number of hydrogen-bond donors (Lipinski definition) is 0. The fourth-order valence-corrected chi connectivity index (χ4v) is 4.80. The minimum absolute atomic E-state index is 0.0806. The van der Waals surface area contributed by atoms with Crippen LogP contribution in [0.5, 0.6) is 17.2 Å². The zero-order valence-electron chi connectivity index (χ0n) is 24.3. The predicted octanol–water partition coefficient (Wildman–Crippen LogP) is 6.81. The average Bonchev–Trinajstić information content (AvgIpc) is 3.30. The van der Waals surface area contributed by atoms with Crippen molar-refractivity contribution in [3.05, 3.63) is 103 Å². The first-order valence-electron chi connectivity index (χ1n) is 14.3. The lowest BCUT2D eigenvalue weighted by atomic mass is 9.99. The van der Waals surface area contributed by atoms with E-state index in [1.165, 1.54) is 0 Å². The Hall–Kier alpha value is -4.85. The van der Waals surface area contributed by atoms with Crippen LogP contribution in [0.3, 0.4) is 0 Å².